The number of carbonyl (C=O) groups is 1. The molecule has 0 radical (unpaired) electrons. The van der Waals surface area contributed by atoms with Gasteiger partial charge in [0.15, 0.2) is 0 Å². The maximum absolute atomic E-state index is 13.3. The SMILES string of the molecule is CC.CCCN(CCC)c1nc(OCCc2ccccn2)cc(C(=O)Nc2cccc3ncccc23)n1. The number of nitrogens with one attached hydrogen (secondary N) is 1. The lowest BCUT2D eigenvalue weighted by Gasteiger charge is -2.22. The number of fused-ring (bicyclic) bond motifs is 1. The Balaban J connectivity index is 0.00000186. The van der Waals surface area contributed by atoms with Crippen molar-refractivity contribution in [2.75, 3.05) is 29.9 Å². The molecule has 0 fully saturated rings. The Morgan fingerprint density at radius 1 is 0.919 bits per heavy atom. The van der Waals surface area contributed by atoms with E-state index in [1.807, 2.05) is 62.4 Å². The van der Waals surface area contributed by atoms with Gasteiger partial charge in [-0.2, -0.15) is 4.98 Å². The average molecular weight is 501 g/mol. The summed E-state index contributed by atoms with van der Waals surface area (Å²) in [5.74, 6) is 0.536. The molecule has 8 nitrogen and oxygen atoms in total. The molecule has 0 aliphatic heterocycles. The molecule has 0 bridgehead atoms. The number of pyridine rings is 2. The number of anilines is 2. The topological polar surface area (TPSA) is 93.1 Å². The second-order valence-electron chi connectivity index (χ2n) is 8.13. The summed E-state index contributed by atoms with van der Waals surface area (Å²) in [6.45, 7) is 10.2. The van der Waals surface area contributed by atoms with Gasteiger partial charge in [0, 0.05) is 49.1 Å². The van der Waals surface area contributed by atoms with Gasteiger partial charge in [-0.05, 0) is 49.2 Å². The van der Waals surface area contributed by atoms with E-state index in [-0.39, 0.29) is 11.6 Å². The third-order valence-electron chi connectivity index (χ3n) is 5.42. The minimum Gasteiger partial charge on any atom is -0.477 e. The molecule has 0 saturated carbocycles. The van der Waals surface area contributed by atoms with Crippen LogP contribution in [0.5, 0.6) is 5.88 Å². The molecule has 0 aliphatic rings. The van der Waals surface area contributed by atoms with Crippen LogP contribution < -0.4 is 15.0 Å². The maximum Gasteiger partial charge on any atom is 0.274 e. The summed E-state index contributed by atoms with van der Waals surface area (Å²) < 4.78 is 5.96. The third-order valence-corrected chi connectivity index (χ3v) is 5.42. The quantitative estimate of drug-likeness (QED) is 0.272. The Morgan fingerprint density at radius 3 is 2.43 bits per heavy atom. The summed E-state index contributed by atoms with van der Waals surface area (Å²) in [5.41, 5.74) is 2.67. The lowest BCUT2D eigenvalue weighted by atomic mass is 10.2. The largest absolute Gasteiger partial charge is 0.477 e. The highest BCUT2D eigenvalue weighted by Gasteiger charge is 2.17. The van der Waals surface area contributed by atoms with Crippen molar-refractivity contribution in [3.63, 3.8) is 0 Å². The van der Waals surface area contributed by atoms with Crippen molar-refractivity contribution >= 4 is 28.4 Å². The van der Waals surface area contributed by atoms with Crippen molar-refractivity contribution in [2.24, 2.45) is 0 Å². The molecule has 1 N–H and O–H groups in total. The molecule has 0 saturated heterocycles. The molecule has 3 heterocycles. The van der Waals surface area contributed by atoms with E-state index in [9.17, 15) is 4.79 Å². The fraction of sp³-hybridized carbons (Fsp3) is 0.345. The third kappa shape index (κ3) is 7.70. The summed E-state index contributed by atoms with van der Waals surface area (Å²) in [6, 6.07) is 16.8. The number of hydrogen-bond donors (Lipinski definition) is 1. The second-order valence-corrected chi connectivity index (χ2v) is 8.13. The summed E-state index contributed by atoms with van der Waals surface area (Å²) in [6.07, 6.45) is 6.02. The average Bonchev–Trinajstić information content (AvgIpc) is 2.94. The van der Waals surface area contributed by atoms with E-state index >= 15 is 0 Å². The number of amides is 1. The Morgan fingerprint density at radius 2 is 1.70 bits per heavy atom. The zero-order valence-corrected chi connectivity index (χ0v) is 22.1. The molecule has 4 rings (SSSR count). The van der Waals surface area contributed by atoms with Crippen molar-refractivity contribution in [1.29, 1.82) is 0 Å². The lowest BCUT2D eigenvalue weighted by Crippen LogP contribution is -2.28. The van der Waals surface area contributed by atoms with Crippen LogP contribution in [0.15, 0.2) is 67.0 Å². The van der Waals surface area contributed by atoms with Crippen LogP contribution in [-0.2, 0) is 6.42 Å². The predicted molar refractivity (Wildman–Crippen MR) is 149 cm³/mol. The van der Waals surface area contributed by atoms with Crippen LogP contribution in [0.2, 0.25) is 0 Å². The number of hydrogen-bond acceptors (Lipinski definition) is 7. The Hall–Kier alpha value is -4.07. The van der Waals surface area contributed by atoms with Crippen LogP contribution in [0.4, 0.5) is 11.6 Å². The molecule has 0 unspecified atom stereocenters. The molecule has 0 spiro atoms. The van der Waals surface area contributed by atoms with Crippen molar-refractivity contribution in [3.8, 4) is 5.88 Å². The van der Waals surface area contributed by atoms with E-state index in [0.717, 1.165) is 42.5 Å². The first kappa shape index (κ1) is 27.5. The number of benzene rings is 1. The summed E-state index contributed by atoms with van der Waals surface area (Å²) in [5, 5.41) is 3.85. The molecular formula is C29H36N6O2. The molecule has 1 aromatic carbocycles. The Kier molecular flexibility index (Phi) is 10.8. The number of ether oxygens (including phenoxy) is 1. The van der Waals surface area contributed by atoms with E-state index in [1.165, 1.54) is 0 Å². The van der Waals surface area contributed by atoms with Crippen LogP contribution in [0.25, 0.3) is 10.9 Å². The molecule has 0 atom stereocenters. The lowest BCUT2D eigenvalue weighted by molar-refractivity contribution is 0.102. The first-order valence-electron chi connectivity index (χ1n) is 13.0. The highest BCUT2D eigenvalue weighted by Crippen LogP contribution is 2.23. The zero-order chi connectivity index (χ0) is 26.5. The highest BCUT2D eigenvalue weighted by atomic mass is 16.5. The molecule has 8 heteroatoms. The Labute approximate surface area is 219 Å². The van der Waals surface area contributed by atoms with E-state index in [4.69, 9.17) is 4.74 Å². The highest BCUT2D eigenvalue weighted by molar-refractivity contribution is 6.07. The summed E-state index contributed by atoms with van der Waals surface area (Å²) in [4.78, 5) is 33.3. The monoisotopic (exact) mass is 500 g/mol. The summed E-state index contributed by atoms with van der Waals surface area (Å²) >= 11 is 0. The van der Waals surface area contributed by atoms with Gasteiger partial charge in [0.25, 0.3) is 5.91 Å². The van der Waals surface area contributed by atoms with E-state index in [2.05, 4.69) is 44.0 Å². The van der Waals surface area contributed by atoms with Gasteiger partial charge in [0.2, 0.25) is 11.8 Å². The predicted octanol–water partition coefficient (Wildman–Crippen LogP) is 5.95. The molecule has 1 amide bonds. The van der Waals surface area contributed by atoms with E-state index in [1.54, 1.807) is 18.5 Å². The molecule has 0 aliphatic carbocycles. The second kappa shape index (κ2) is 14.5. The van der Waals surface area contributed by atoms with Crippen molar-refractivity contribution < 1.29 is 9.53 Å². The fourth-order valence-electron chi connectivity index (χ4n) is 3.80. The van der Waals surface area contributed by atoms with Gasteiger partial charge in [-0.1, -0.05) is 39.8 Å². The molecule has 3 aromatic heterocycles. The van der Waals surface area contributed by atoms with E-state index < -0.39 is 0 Å². The van der Waals surface area contributed by atoms with Crippen molar-refractivity contribution in [2.45, 2.75) is 47.0 Å². The van der Waals surface area contributed by atoms with Gasteiger partial charge in [-0.25, -0.2) is 4.98 Å². The summed E-state index contributed by atoms with van der Waals surface area (Å²) in [7, 11) is 0. The van der Waals surface area contributed by atoms with Crippen LogP contribution in [0, 0.1) is 0 Å². The van der Waals surface area contributed by atoms with Gasteiger partial charge >= 0.3 is 0 Å². The first-order valence-corrected chi connectivity index (χ1v) is 13.0. The van der Waals surface area contributed by atoms with Gasteiger partial charge in [0.1, 0.15) is 5.69 Å². The minimum absolute atomic E-state index is 0.251. The Bertz CT molecular complexity index is 1250. The molecular weight excluding hydrogens is 464 g/mol. The first-order chi connectivity index (χ1) is 18.2. The van der Waals surface area contributed by atoms with Crippen LogP contribution in [-0.4, -0.2) is 45.5 Å². The van der Waals surface area contributed by atoms with Crippen LogP contribution in [0.3, 0.4) is 0 Å². The molecule has 37 heavy (non-hydrogen) atoms. The fourth-order valence-corrected chi connectivity index (χ4v) is 3.80. The van der Waals surface area contributed by atoms with Gasteiger partial charge in [-0.3, -0.25) is 14.8 Å². The van der Waals surface area contributed by atoms with Crippen LogP contribution in [0.1, 0.15) is 56.7 Å². The normalized spacial score (nSPS) is 10.4. The standard InChI is InChI=1S/C27H30N6O2.C2H6/c1-3-16-33(17-4-2)27-31-24(19-25(32-27)35-18-13-20-9-5-6-14-28-20)26(34)30-23-12-7-11-22-21(23)10-8-15-29-22;1-2/h5-12,14-15,19H,3-4,13,16-18H2,1-2H3,(H,30,34);1-2H3. The smallest absolute Gasteiger partial charge is 0.274 e. The van der Waals surface area contributed by atoms with Gasteiger partial charge in [-0.15, -0.1) is 0 Å². The number of carbonyl (C=O) groups excluding carboxylic acids is 1. The number of nitrogens with zero attached hydrogens (tertiary/aromatic N) is 5. The molecule has 194 valence electrons. The maximum atomic E-state index is 13.3. The molecule has 4 aromatic rings. The van der Waals surface area contributed by atoms with Crippen LogP contribution >= 0.6 is 0 Å². The van der Waals surface area contributed by atoms with E-state index in [0.29, 0.717) is 30.5 Å². The zero-order valence-electron chi connectivity index (χ0n) is 22.1. The minimum atomic E-state index is -0.326. The van der Waals surface area contributed by atoms with Crippen molar-refractivity contribution in [3.05, 3.63) is 78.4 Å². The number of rotatable bonds is 11. The van der Waals surface area contributed by atoms with Gasteiger partial charge in [0.05, 0.1) is 17.8 Å². The van der Waals surface area contributed by atoms with Crippen molar-refractivity contribution in [1.82, 2.24) is 19.9 Å². The van der Waals surface area contributed by atoms with Gasteiger partial charge < -0.3 is 15.0 Å². The number of aromatic nitrogens is 4.